The van der Waals surface area contributed by atoms with Crippen LogP contribution in [0.2, 0.25) is 5.02 Å². The Hall–Kier alpha value is -2.84. The van der Waals surface area contributed by atoms with Gasteiger partial charge >= 0.3 is 0 Å². The molecule has 2 aromatic carbocycles. The first-order chi connectivity index (χ1) is 15.8. The van der Waals surface area contributed by atoms with Crippen LogP contribution >= 0.6 is 34.2 Å². The number of aryl methyl sites for hydroxylation is 3. The van der Waals surface area contributed by atoms with Crippen molar-refractivity contribution in [2.75, 3.05) is 0 Å². The number of hydrazone groups is 1. The van der Waals surface area contributed by atoms with Crippen LogP contribution in [0, 0.1) is 31.3 Å². The summed E-state index contributed by atoms with van der Waals surface area (Å²) < 4.78 is 5.44. The van der Waals surface area contributed by atoms with Crippen molar-refractivity contribution in [2.45, 2.75) is 27.7 Å². The second-order valence-electron chi connectivity index (χ2n) is 7.95. The molecule has 33 heavy (non-hydrogen) atoms. The fourth-order valence-corrected chi connectivity index (χ4v) is 4.59. The molecule has 7 heteroatoms. The molecule has 4 rings (SSSR count). The molecule has 0 bridgehead atoms. The largest absolute Gasteiger partial charge is 0.318 e. The molecule has 5 nitrogen and oxygen atoms in total. The van der Waals surface area contributed by atoms with Crippen LogP contribution in [0.1, 0.15) is 38.7 Å². The van der Waals surface area contributed by atoms with Gasteiger partial charge in [-0.05, 0) is 111 Å². The summed E-state index contributed by atoms with van der Waals surface area (Å²) in [4.78, 5) is 12.8. The van der Waals surface area contributed by atoms with Crippen LogP contribution in [-0.4, -0.2) is 21.3 Å². The summed E-state index contributed by atoms with van der Waals surface area (Å²) in [6.07, 6.45) is 1.67. The Morgan fingerprint density at radius 2 is 1.52 bits per heavy atom. The van der Waals surface area contributed by atoms with E-state index in [9.17, 15) is 4.79 Å². The highest BCUT2D eigenvalue weighted by atomic mass is 127. The molecule has 0 saturated carbocycles. The zero-order valence-electron chi connectivity index (χ0n) is 18.9. The number of aromatic nitrogens is 2. The number of carbonyl (C=O) groups is 1. The minimum atomic E-state index is -0.355. The first-order valence-electron chi connectivity index (χ1n) is 10.5. The second kappa shape index (κ2) is 9.57. The third-order valence-corrected chi connectivity index (χ3v) is 6.70. The van der Waals surface area contributed by atoms with Gasteiger partial charge in [-0.1, -0.05) is 11.6 Å². The monoisotopic (exact) mass is 570 g/mol. The normalized spacial score (nSPS) is 11.3. The highest BCUT2D eigenvalue weighted by Crippen LogP contribution is 2.23. The van der Waals surface area contributed by atoms with E-state index in [1.54, 1.807) is 18.3 Å². The van der Waals surface area contributed by atoms with E-state index in [0.717, 1.165) is 39.7 Å². The molecule has 4 aromatic rings. The highest BCUT2D eigenvalue weighted by Gasteiger charge is 2.14. The predicted molar refractivity (Wildman–Crippen MR) is 143 cm³/mol. The molecular weight excluding hydrogens is 547 g/mol. The highest BCUT2D eigenvalue weighted by molar-refractivity contribution is 14.1. The van der Waals surface area contributed by atoms with E-state index in [2.05, 4.69) is 73.4 Å². The Balaban J connectivity index is 1.55. The van der Waals surface area contributed by atoms with Crippen molar-refractivity contribution in [1.82, 2.24) is 14.6 Å². The molecule has 0 aliphatic heterocycles. The standard InChI is InChI=1S/C26H24ClIN4O/c1-16-5-6-17(2)31(16)23-11-12-25(27)24(14-23)26(33)30-29-15-20-13-18(3)32(19(20)4)22-9-7-21(28)8-10-22/h5-15H,1-4H3,(H,30,33). The van der Waals surface area contributed by atoms with Gasteiger partial charge < -0.3 is 9.13 Å². The molecule has 0 fully saturated rings. The Bertz CT molecular complexity index is 1350. The third kappa shape index (κ3) is 4.77. The fraction of sp³-hybridized carbons (Fsp3) is 0.154. The van der Waals surface area contributed by atoms with E-state index in [-0.39, 0.29) is 5.91 Å². The van der Waals surface area contributed by atoms with Gasteiger partial charge in [-0.25, -0.2) is 5.43 Å². The van der Waals surface area contributed by atoms with E-state index < -0.39 is 0 Å². The topological polar surface area (TPSA) is 51.3 Å². The smallest absolute Gasteiger partial charge is 0.272 e. The number of nitrogens with one attached hydrogen (secondary N) is 1. The summed E-state index contributed by atoms with van der Waals surface area (Å²) in [6, 6.07) is 19.9. The number of rotatable bonds is 5. The number of benzene rings is 2. The van der Waals surface area contributed by atoms with Crippen LogP contribution in [0.4, 0.5) is 0 Å². The van der Waals surface area contributed by atoms with E-state index in [1.165, 1.54) is 3.57 Å². The molecule has 168 valence electrons. The lowest BCUT2D eigenvalue weighted by Crippen LogP contribution is -2.18. The lowest BCUT2D eigenvalue weighted by atomic mass is 10.2. The van der Waals surface area contributed by atoms with Crippen molar-refractivity contribution >= 4 is 46.3 Å². The van der Waals surface area contributed by atoms with Gasteiger partial charge in [0.05, 0.1) is 16.8 Å². The Morgan fingerprint density at radius 3 is 2.18 bits per heavy atom. The molecule has 0 aliphatic carbocycles. The van der Waals surface area contributed by atoms with Crippen molar-refractivity contribution in [3.63, 3.8) is 0 Å². The van der Waals surface area contributed by atoms with Gasteiger partial charge in [0.25, 0.3) is 5.91 Å². The third-order valence-electron chi connectivity index (χ3n) is 5.65. The first kappa shape index (κ1) is 23.3. The van der Waals surface area contributed by atoms with Crippen LogP contribution in [0.5, 0.6) is 0 Å². The fourth-order valence-electron chi connectivity index (χ4n) is 4.03. The average molecular weight is 571 g/mol. The van der Waals surface area contributed by atoms with Gasteiger partial charge in [0.15, 0.2) is 0 Å². The molecule has 0 radical (unpaired) electrons. The summed E-state index contributed by atoms with van der Waals surface area (Å²) in [7, 11) is 0. The van der Waals surface area contributed by atoms with E-state index in [1.807, 2.05) is 45.0 Å². The van der Waals surface area contributed by atoms with Crippen molar-refractivity contribution in [3.8, 4) is 11.4 Å². The van der Waals surface area contributed by atoms with Gasteiger partial charge in [-0.3, -0.25) is 4.79 Å². The summed E-state index contributed by atoms with van der Waals surface area (Å²) in [5.74, 6) is -0.355. The van der Waals surface area contributed by atoms with Gasteiger partial charge in [0, 0.05) is 43.3 Å². The SMILES string of the molecule is Cc1ccc(C)n1-c1ccc(Cl)c(C(=O)NN=Cc2cc(C)n(-c3ccc(I)cc3)c2C)c1. The first-order valence-corrected chi connectivity index (χ1v) is 11.9. The Kier molecular flexibility index (Phi) is 6.76. The molecule has 0 aliphatic rings. The van der Waals surface area contributed by atoms with E-state index in [0.29, 0.717) is 10.6 Å². The Labute approximate surface area is 212 Å². The number of amides is 1. The molecule has 2 aromatic heterocycles. The summed E-state index contributed by atoms with van der Waals surface area (Å²) in [5.41, 5.74) is 10.2. The second-order valence-corrected chi connectivity index (χ2v) is 9.61. The van der Waals surface area contributed by atoms with Gasteiger partial charge in [-0.2, -0.15) is 5.10 Å². The van der Waals surface area contributed by atoms with Crippen molar-refractivity contribution in [1.29, 1.82) is 0 Å². The Morgan fingerprint density at radius 1 is 0.879 bits per heavy atom. The van der Waals surface area contributed by atoms with Crippen LogP contribution < -0.4 is 5.43 Å². The van der Waals surface area contributed by atoms with Crippen LogP contribution in [0.25, 0.3) is 11.4 Å². The quantitative estimate of drug-likeness (QED) is 0.166. The molecule has 0 atom stereocenters. The average Bonchev–Trinajstić information content (AvgIpc) is 3.26. The van der Waals surface area contributed by atoms with Crippen LogP contribution in [0.15, 0.2) is 65.8 Å². The van der Waals surface area contributed by atoms with E-state index >= 15 is 0 Å². The number of halogens is 2. The van der Waals surface area contributed by atoms with Crippen molar-refractivity contribution < 1.29 is 4.79 Å². The molecule has 1 amide bonds. The van der Waals surface area contributed by atoms with Gasteiger partial charge in [0.1, 0.15) is 0 Å². The number of hydrogen-bond acceptors (Lipinski definition) is 2. The minimum Gasteiger partial charge on any atom is -0.318 e. The van der Waals surface area contributed by atoms with Crippen molar-refractivity contribution in [2.24, 2.45) is 5.10 Å². The summed E-state index contributed by atoms with van der Waals surface area (Å²) in [5, 5.41) is 4.59. The maximum Gasteiger partial charge on any atom is 0.272 e. The molecule has 0 spiro atoms. The van der Waals surface area contributed by atoms with Gasteiger partial charge in [0.2, 0.25) is 0 Å². The molecular formula is C26H24ClIN4O. The zero-order valence-corrected chi connectivity index (χ0v) is 21.8. The molecule has 2 heterocycles. The molecule has 0 saturated heterocycles. The van der Waals surface area contributed by atoms with Gasteiger partial charge in [-0.15, -0.1) is 0 Å². The zero-order chi connectivity index (χ0) is 23.7. The maximum atomic E-state index is 12.8. The van der Waals surface area contributed by atoms with Crippen molar-refractivity contribution in [3.05, 3.63) is 103 Å². The molecule has 0 unspecified atom stereocenters. The number of nitrogens with zero attached hydrogens (tertiary/aromatic N) is 3. The maximum absolute atomic E-state index is 12.8. The van der Waals surface area contributed by atoms with Crippen LogP contribution in [-0.2, 0) is 0 Å². The summed E-state index contributed by atoms with van der Waals surface area (Å²) >= 11 is 8.63. The number of carbonyl (C=O) groups excluding carboxylic acids is 1. The summed E-state index contributed by atoms with van der Waals surface area (Å²) in [6.45, 7) is 8.14. The van der Waals surface area contributed by atoms with E-state index in [4.69, 9.17) is 11.6 Å². The minimum absolute atomic E-state index is 0.355. The lowest BCUT2D eigenvalue weighted by Gasteiger charge is -2.12. The number of hydrogen-bond donors (Lipinski definition) is 1. The lowest BCUT2D eigenvalue weighted by molar-refractivity contribution is 0.0955. The van der Waals surface area contributed by atoms with Crippen LogP contribution in [0.3, 0.4) is 0 Å². The molecule has 1 N–H and O–H groups in total. The predicted octanol–water partition coefficient (Wildman–Crippen LogP) is 6.52.